The summed E-state index contributed by atoms with van der Waals surface area (Å²) in [6, 6.07) is 16.7. The zero-order valence-electron chi connectivity index (χ0n) is 15.8. The molecule has 2 aromatic carbocycles. The van der Waals surface area contributed by atoms with E-state index in [0.29, 0.717) is 13.1 Å². The summed E-state index contributed by atoms with van der Waals surface area (Å²) < 4.78 is 2.27. The molecule has 0 unspecified atom stereocenters. The lowest BCUT2D eigenvalue weighted by molar-refractivity contribution is 0.148. The number of hydrogen-bond acceptors (Lipinski definition) is 2. The van der Waals surface area contributed by atoms with Crippen molar-refractivity contribution in [3.63, 3.8) is 0 Å². The molecule has 1 aliphatic rings. The number of aryl methyl sites for hydroxylation is 1. The maximum atomic E-state index is 10.7. The average Bonchev–Trinajstić information content (AvgIpc) is 3.02. The first-order valence-corrected chi connectivity index (χ1v) is 10.3. The average molecular weight is 383 g/mol. The second-order valence-corrected chi connectivity index (χ2v) is 7.98. The van der Waals surface area contributed by atoms with Crippen LogP contribution in [0, 0.1) is 0 Å². The van der Waals surface area contributed by atoms with Gasteiger partial charge in [-0.2, -0.15) is 0 Å². The van der Waals surface area contributed by atoms with Crippen LogP contribution in [0.25, 0.3) is 10.9 Å². The van der Waals surface area contributed by atoms with E-state index in [4.69, 9.17) is 11.6 Å². The SMILES string of the molecule is C[C@H](NC[C@H](O)Cn1c2c(c3cccc(Cl)c31)CCCC2)c1ccccc1. The van der Waals surface area contributed by atoms with Gasteiger partial charge in [-0.3, -0.25) is 0 Å². The fourth-order valence-electron chi connectivity index (χ4n) is 4.29. The van der Waals surface area contributed by atoms with Gasteiger partial charge >= 0.3 is 0 Å². The van der Waals surface area contributed by atoms with Gasteiger partial charge in [0.2, 0.25) is 0 Å². The number of benzene rings is 2. The van der Waals surface area contributed by atoms with Crippen molar-refractivity contribution in [1.82, 2.24) is 9.88 Å². The molecule has 1 aliphatic carbocycles. The number of aliphatic hydroxyl groups excluding tert-OH is 1. The Kier molecular flexibility index (Phi) is 5.53. The highest BCUT2D eigenvalue weighted by Crippen LogP contribution is 2.35. The van der Waals surface area contributed by atoms with Crippen molar-refractivity contribution in [3.05, 3.63) is 70.4 Å². The minimum Gasteiger partial charge on any atom is -0.390 e. The highest BCUT2D eigenvalue weighted by Gasteiger charge is 2.22. The first kappa shape index (κ1) is 18.5. The van der Waals surface area contributed by atoms with E-state index in [9.17, 15) is 5.11 Å². The molecule has 3 aromatic rings. The summed E-state index contributed by atoms with van der Waals surface area (Å²) in [4.78, 5) is 0. The largest absolute Gasteiger partial charge is 0.390 e. The van der Waals surface area contributed by atoms with Crippen molar-refractivity contribution in [3.8, 4) is 0 Å². The number of fused-ring (bicyclic) bond motifs is 3. The van der Waals surface area contributed by atoms with Crippen molar-refractivity contribution in [2.75, 3.05) is 6.54 Å². The van der Waals surface area contributed by atoms with Gasteiger partial charge in [0.25, 0.3) is 0 Å². The van der Waals surface area contributed by atoms with E-state index in [1.54, 1.807) is 0 Å². The molecule has 2 atom stereocenters. The first-order valence-electron chi connectivity index (χ1n) is 9.90. The molecule has 0 bridgehead atoms. The molecule has 1 aromatic heterocycles. The normalized spacial score (nSPS) is 16.3. The summed E-state index contributed by atoms with van der Waals surface area (Å²) >= 11 is 6.55. The van der Waals surface area contributed by atoms with Gasteiger partial charge in [0.15, 0.2) is 0 Å². The zero-order chi connectivity index (χ0) is 18.8. The van der Waals surface area contributed by atoms with Gasteiger partial charge in [0.05, 0.1) is 23.2 Å². The summed E-state index contributed by atoms with van der Waals surface area (Å²) in [6.45, 7) is 3.25. The lowest BCUT2D eigenvalue weighted by Gasteiger charge is -2.21. The van der Waals surface area contributed by atoms with E-state index in [0.717, 1.165) is 23.4 Å². The summed E-state index contributed by atoms with van der Waals surface area (Å²) in [5.41, 5.74) is 5.11. The molecule has 142 valence electrons. The number of nitrogens with one attached hydrogen (secondary N) is 1. The Labute approximate surface area is 166 Å². The summed E-state index contributed by atoms with van der Waals surface area (Å²) in [5, 5.41) is 16.2. The predicted molar refractivity (Wildman–Crippen MR) is 112 cm³/mol. The molecule has 0 fully saturated rings. The number of para-hydroxylation sites is 1. The van der Waals surface area contributed by atoms with Gasteiger partial charge in [-0.1, -0.05) is 54.1 Å². The molecule has 4 rings (SSSR count). The van der Waals surface area contributed by atoms with Crippen molar-refractivity contribution < 1.29 is 5.11 Å². The lowest BCUT2D eigenvalue weighted by Crippen LogP contribution is -2.32. The minimum absolute atomic E-state index is 0.208. The van der Waals surface area contributed by atoms with Gasteiger partial charge in [-0.05, 0) is 49.8 Å². The number of rotatable bonds is 6. The maximum Gasteiger partial charge on any atom is 0.0843 e. The standard InChI is InChI=1S/C23H27ClN2O/c1-16(17-8-3-2-4-9-17)25-14-18(27)15-26-22-13-6-5-10-19(22)20-11-7-12-21(24)23(20)26/h2-4,7-9,11-12,16,18,25,27H,5-6,10,13-15H2,1H3/t16-,18-/m0/s1. The second-order valence-electron chi connectivity index (χ2n) is 7.57. The number of aliphatic hydroxyl groups is 1. The van der Waals surface area contributed by atoms with E-state index in [1.165, 1.54) is 35.0 Å². The van der Waals surface area contributed by atoms with Crippen LogP contribution in [0.4, 0.5) is 0 Å². The molecule has 1 heterocycles. The second kappa shape index (κ2) is 8.05. The van der Waals surface area contributed by atoms with Gasteiger partial charge < -0.3 is 15.0 Å². The number of hydrogen-bond donors (Lipinski definition) is 2. The Morgan fingerprint density at radius 1 is 1.07 bits per heavy atom. The molecular weight excluding hydrogens is 356 g/mol. The molecule has 2 N–H and O–H groups in total. The van der Waals surface area contributed by atoms with E-state index in [2.05, 4.69) is 35.0 Å². The smallest absolute Gasteiger partial charge is 0.0843 e. The Bertz CT molecular complexity index is 919. The molecule has 0 saturated heterocycles. The fraction of sp³-hybridized carbons (Fsp3) is 0.391. The zero-order valence-corrected chi connectivity index (χ0v) is 16.5. The van der Waals surface area contributed by atoms with Crippen molar-refractivity contribution in [1.29, 1.82) is 0 Å². The quantitative estimate of drug-likeness (QED) is 0.637. The number of aromatic nitrogens is 1. The molecule has 3 nitrogen and oxygen atoms in total. The van der Waals surface area contributed by atoms with Crippen molar-refractivity contribution >= 4 is 22.5 Å². The Balaban J connectivity index is 1.53. The van der Waals surface area contributed by atoms with E-state index in [-0.39, 0.29) is 6.04 Å². The van der Waals surface area contributed by atoms with E-state index < -0.39 is 6.10 Å². The van der Waals surface area contributed by atoms with Crippen LogP contribution < -0.4 is 5.32 Å². The first-order chi connectivity index (χ1) is 13.1. The van der Waals surface area contributed by atoms with Crippen LogP contribution in [0.2, 0.25) is 5.02 Å². The topological polar surface area (TPSA) is 37.2 Å². The highest BCUT2D eigenvalue weighted by atomic mass is 35.5. The molecule has 0 amide bonds. The number of halogens is 1. The van der Waals surface area contributed by atoms with Gasteiger partial charge in [0, 0.05) is 23.7 Å². The summed E-state index contributed by atoms with van der Waals surface area (Å²) in [7, 11) is 0. The predicted octanol–water partition coefficient (Wildman–Crippen LogP) is 4.89. The van der Waals surface area contributed by atoms with Crippen molar-refractivity contribution in [2.45, 2.75) is 51.3 Å². The fourth-order valence-corrected chi connectivity index (χ4v) is 4.57. The molecular formula is C23H27ClN2O. The van der Waals surface area contributed by atoms with E-state index >= 15 is 0 Å². The molecule has 0 spiro atoms. The van der Waals surface area contributed by atoms with Crippen LogP contribution in [-0.4, -0.2) is 22.3 Å². The molecule has 27 heavy (non-hydrogen) atoms. The maximum absolute atomic E-state index is 10.7. The van der Waals surface area contributed by atoms with Gasteiger partial charge in [-0.25, -0.2) is 0 Å². The monoisotopic (exact) mass is 382 g/mol. The third kappa shape index (κ3) is 3.77. The Morgan fingerprint density at radius 3 is 2.67 bits per heavy atom. The highest BCUT2D eigenvalue weighted by molar-refractivity contribution is 6.35. The van der Waals surface area contributed by atoms with Crippen LogP contribution in [0.3, 0.4) is 0 Å². The Hall–Kier alpha value is -1.81. The van der Waals surface area contributed by atoms with Gasteiger partial charge in [0.1, 0.15) is 0 Å². The Morgan fingerprint density at radius 2 is 1.85 bits per heavy atom. The molecule has 0 radical (unpaired) electrons. The number of nitrogens with zero attached hydrogens (tertiary/aromatic N) is 1. The summed E-state index contributed by atoms with van der Waals surface area (Å²) in [5.74, 6) is 0. The van der Waals surface area contributed by atoms with Crippen LogP contribution in [0.5, 0.6) is 0 Å². The third-order valence-electron chi connectivity index (χ3n) is 5.70. The van der Waals surface area contributed by atoms with Gasteiger partial charge in [-0.15, -0.1) is 0 Å². The van der Waals surface area contributed by atoms with Crippen LogP contribution in [0.15, 0.2) is 48.5 Å². The molecule has 0 saturated carbocycles. The van der Waals surface area contributed by atoms with Crippen LogP contribution in [-0.2, 0) is 19.4 Å². The van der Waals surface area contributed by atoms with Crippen LogP contribution >= 0.6 is 11.6 Å². The molecule has 4 heteroatoms. The van der Waals surface area contributed by atoms with E-state index in [1.807, 2.05) is 30.3 Å². The summed E-state index contributed by atoms with van der Waals surface area (Å²) in [6.07, 6.45) is 4.16. The lowest BCUT2D eigenvalue weighted by atomic mass is 9.95. The van der Waals surface area contributed by atoms with Crippen LogP contribution in [0.1, 0.15) is 42.6 Å². The van der Waals surface area contributed by atoms with Crippen molar-refractivity contribution in [2.24, 2.45) is 0 Å². The third-order valence-corrected chi connectivity index (χ3v) is 6.00. The minimum atomic E-state index is -0.464. The molecule has 0 aliphatic heterocycles.